The van der Waals surface area contributed by atoms with E-state index in [0.717, 1.165) is 64.0 Å². The number of nitrogens with one attached hydrogen (secondary N) is 2. The van der Waals surface area contributed by atoms with E-state index in [4.69, 9.17) is 4.74 Å². The van der Waals surface area contributed by atoms with E-state index in [1.54, 1.807) is 11.3 Å². The van der Waals surface area contributed by atoms with Gasteiger partial charge in [0.25, 0.3) is 0 Å². The molecule has 7 heteroatoms. The molecule has 6 nitrogen and oxygen atoms in total. The maximum atomic E-state index is 5.35. The Morgan fingerprint density at radius 3 is 2.64 bits per heavy atom. The number of morpholine rings is 1. The second kappa shape index (κ2) is 9.07. The fraction of sp³-hybridized carbons (Fsp3) is 0.733. The van der Waals surface area contributed by atoms with Gasteiger partial charge in [0, 0.05) is 51.1 Å². The molecule has 2 rings (SSSR count). The van der Waals surface area contributed by atoms with Gasteiger partial charge < -0.3 is 15.4 Å². The van der Waals surface area contributed by atoms with Gasteiger partial charge in [0.15, 0.2) is 5.96 Å². The van der Waals surface area contributed by atoms with Crippen LogP contribution in [0, 0.1) is 13.8 Å². The van der Waals surface area contributed by atoms with E-state index in [1.807, 2.05) is 7.05 Å². The Balaban J connectivity index is 1.62. The van der Waals surface area contributed by atoms with Crippen LogP contribution in [0.15, 0.2) is 4.99 Å². The third-order valence-corrected chi connectivity index (χ3v) is 4.88. The monoisotopic (exact) mass is 325 g/mol. The van der Waals surface area contributed by atoms with Crippen LogP contribution in [-0.4, -0.2) is 68.8 Å². The number of rotatable bonds is 6. The molecule has 1 aliphatic rings. The van der Waals surface area contributed by atoms with Crippen LogP contribution in [0.4, 0.5) is 0 Å². The number of aliphatic imine (C=N–C) groups is 1. The van der Waals surface area contributed by atoms with Gasteiger partial charge in [-0.05, 0) is 13.8 Å². The first-order valence-corrected chi connectivity index (χ1v) is 8.68. The first-order chi connectivity index (χ1) is 10.7. The van der Waals surface area contributed by atoms with Crippen LogP contribution in [0.3, 0.4) is 0 Å². The van der Waals surface area contributed by atoms with Gasteiger partial charge in [-0.3, -0.25) is 9.89 Å². The number of hydrogen-bond donors (Lipinski definition) is 2. The third kappa shape index (κ3) is 5.55. The molecule has 0 amide bonds. The quantitative estimate of drug-likeness (QED) is 0.598. The number of nitrogens with zero attached hydrogens (tertiary/aromatic N) is 3. The molecule has 0 radical (unpaired) electrons. The molecule has 1 aliphatic heterocycles. The Labute approximate surface area is 137 Å². The van der Waals surface area contributed by atoms with E-state index in [0.29, 0.717) is 0 Å². The second-order valence-corrected chi connectivity index (χ2v) is 6.67. The van der Waals surface area contributed by atoms with Gasteiger partial charge in [-0.2, -0.15) is 0 Å². The largest absolute Gasteiger partial charge is 0.379 e. The SMILES string of the molecule is CN=C(NCCc1nc(C)c(C)s1)NCCN1CCOCC1. The zero-order valence-electron chi connectivity index (χ0n) is 13.8. The van der Waals surface area contributed by atoms with E-state index in [1.165, 1.54) is 9.88 Å². The van der Waals surface area contributed by atoms with E-state index < -0.39 is 0 Å². The maximum Gasteiger partial charge on any atom is 0.191 e. The molecule has 0 spiro atoms. The first kappa shape index (κ1) is 17.2. The van der Waals surface area contributed by atoms with Crippen LogP contribution in [0.25, 0.3) is 0 Å². The van der Waals surface area contributed by atoms with Crippen LogP contribution in [-0.2, 0) is 11.2 Å². The zero-order valence-corrected chi connectivity index (χ0v) is 14.6. The second-order valence-electron chi connectivity index (χ2n) is 5.38. The van der Waals surface area contributed by atoms with Crippen LogP contribution in [0.1, 0.15) is 15.6 Å². The molecular formula is C15H27N5OS. The fourth-order valence-electron chi connectivity index (χ4n) is 2.31. The molecule has 22 heavy (non-hydrogen) atoms. The van der Waals surface area contributed by atoms with Crippen LogP contribution in [0.2, 0.25) is 0 Å². The summed E-state index contributed by atoms with van der Waals surface area (Å²) in [6.07, 6.45) is 0.934. The average molecular weight is 325 g/mol. The van der Waals surface area contributed by atoms with Gasteiger partial charge in [-0.1, -0.05) is 0 Å². The van der Waals surface area contributed by atoms with Gasteiger partial charge >= 0.3 is 0 Å². The summed E-state index contributed by atoms with van der Waals surface area (Å²) in [7, 11) is 1.81. The Morgan fingerprint density at radius 2 is 2.00 bits per heavy atom. The molecule has 0 aliphatic carbocycles. The van der Waals surface area contributed by atoms with Crippen LogP contribution >= 0.6 is 11.3 Å². The summed E-state index contributed by atoms with van der Waals surface area (Å²) in [6, 6.07) is 0. The van der Waals surface area contributed by atoms with E-state index >= 15 is 0 Å². The summed E-state index contributed by atoms with van der Waals surface area (Å²) >= 11 is 1.78. The normalized spacial score (nSPS) is 16.8. The summed E-state index contributed by atoms with van der Waals surface area (Å²) in [4.78, 5) is 12.5. The Hall–Kier alpha value is -1.18. The maximum absolute atomic E-state index is 5.35. The highest BCUT2D eigenvalue weighted by atomic mass is 32.1. The van der Waals surface area contributed by atoms with Gasteiger partial charge in [0.05, 0.1) is 23.9 Å². The number of thiazole rings is 1. The Kier molecular flexibility index (Phi) is 7.08. The number of aryl methyl sites for hydroxylation is 2. The molecular weight excluding hydrogens is 298 g/mol. The predicted octanol–water partition coefficient (Wildman–Crippen LogP) is 0.800. The molecule has 1 aromatic rings. The standard InChI is InChI=1S/C15H27N5OS/c1-12-13(2)22-14(19-12)4-5-17-15(16-3)18-6-7-20-8-10-21-11-9-20/h4-11H2,1-3H3,(H2,16,17,18). The lowest BCUT2D eigenvalue weighted by atomic mass is 10.4. The van der Waals surface area contributed by atoms with Gasteiger partial charge in [0.2, 0.25) is 0 Å². The number of guanidine groups is 1. The molecule has 1 fully saturated rings. The highest BCUT2D eigenvalue weighted by Crippen LogP contribution is 2.16. The molecule has 124 valence electrons. The van der Waals surface area contributed by atoms with Gasteiger partial charge in [-0.15, -0.1) is 11.3 Å². The lowest BCUT2D eigenvalue weighted by Crippen LogP contribution is -2.44. The van der Waals surface area contributed by atoms with Crippen molar-refractivity contribution in [2.75, 3.05) is 53.0 Å². The topological polar surface area (TPSA) is 61.8 Å². The predicted molar refractivity (Wildman–Crippen MR) is 91.9 cm³/mol. The molecule has 1 saturated heterocycles. The number of aromatic nitrogens is 1. The molecule has 0 unspecified atom stereocenters. The average Bonchev–Trinajstić information content (AvgIpc) is 2.85. The minimum atomic E-state index is 0.847. The lowest BCUT2D eigenvalue weighted by Gasteiger charge is -2.26. The van der Waals surface area contributed by atoms with Gasteiger partial charge in [-0.25, -0.2) is 4.98 Å². The van der Waals surface area contributed by atoms with Crippen molar-refractivity contribution in [2.45, 2.75) is 20.3 Å². The van der Waals surface area contributed by atoms with Crippen molar-refractivity contribution < 1.29 is 4.74 Å². The van der Waals surface area contributed by atoms with Crippen molar-refractivity contribution in [3.8, 4) is 0 Å². The Bertz CT molecular complexity index is 463. The minimum absolute atomic E-state index is 0.847. The third-order valence-electron chi connectivity index (χ3n) is 3.75. The first-order valence-electron chi connectivity index (χ1n) is 7.86. The van der Waals surface area contributed by atoms with Crippen molar-refractivity contribution >= 4 is 17.3 Å². The molecule has 0 aromatic carbocycles. The lowest BCUT2D eigenvalue weighted by molar-refractivity contribution is 0.0389. The summed E-state index contributed by atoms with van der Waals surface area (Å²) in [5.74, 6) is 0.859. The summed E-state index contributed by atoms with van der Waals surface area (Å²) in [5, 5.41) is 7.89. The zero-order chi connectivity index (χ0) is 15.8. The summed E-state index contributed by atoms with van der Waals surface area (Å²) in [5.41, 5.74) is 1.15. The van der Waals surface area contributed by atoms with Crippen molar-refractivity contribution in [1.29, 1.82) is 0 Å². The molecule has 1 aromatic heterocycles. The fourth-order valence-corrected chi connectivity index (χ4v) is 3.25. The van der Waals surface area contributed by atoms with Crippen LogP contribution in [0.5, 0.6) is 0 Å². The van der Waals surface area contributed by atoms with Crippen molar-refractivity contribution in [3.63, 3.8) is 0 Å². The number of ether oxygens (including phenoxy) is 1. The molecule has 2 heterocycles. The van der Waals surface area contributed by atoms with Crippen molar-refractivity contribution in [2.24, 2.45) is 4.99 Å². The van der Waals surface area contributed by atoms with E-state index in [2.05, 4.69) is 39.4 Å². The van der Waals surface area contributed by atoms with Crippen LogP contribution < -0.4 is 10.6 Å². The van der Waals surface area contributed by atoms with E-state index in [-0.39, 0.29) is 0 Å². The van der Waals surface area contributed by atoms with E-state index in [9.17, 15) is 0 Å². The Morgan fingerprint density at radius 1 is 1.27 bits per heavy atom. The summed E-state index contributed by atoms with van der Waals surface area (Å²) in [6.45, 7) is 10.7. The van der Waals surface area contributed by atoms with Crippen molar-refractivity contribution in [1.82, 2.24) is 20.5 Å². The van der Waals surface area contributed by atoms with Gasteiger partial charge in [0.1, 0.15) is 0 Å². The summed E-state index contributed by atoms with van der Waals surface area (Å²) < 4.78 is 5.35. The smallest absolute Gasteiger partial charge is 0.191 e. The number of hydrogen-bond acceptors (Lipinski definition) is 5. The molecule has 0 saturated carbocycles. The molecule has 0 bridgehead atoms. The minimum Gasteiger partial charge on any atom is -0.379 e. The molecule has 0 atom stereocenters. The van der Waals surface area contributed by atoms with Crippen molar-refractivity contribution in [3.05, 3.63) is 15.6 Å². The highest BCUT2D eigenvalue weighted by molar-refractivity contribution is 7.11. The highest BCUT2D eigenvalue weighted by Gasteiger charge is 2.09. The molecule has 2 N–H and O–H groups in total.